The summed E-state index contributed by atoms with van der Waals surface area (Å²) >= 11 is 3.32. The highest BCUT2D eigenvalue weighted by atomic mass is 79.9. The van der Waals surface area contributed by atoms with Crippen molar-refractivity contribution in [3.8, 4) is 5.88 Å². The van der Waals surface area contributed by atoms with E-state index in [-0.39, 0.29) is 11.9 Å². The number of anilines is 1. The van der Waals surface area contributed by atoms with Crippen LogP contribution in [0.4, 0.5) is 5.95 Å². The minimum absolute atomic E-state index is 0.00356. The fourth-order valence-electron chi connectivity index (χ4n) is 1.99. The van der Waals surface area contributed by atoms with E-state index in [2.05, 4.69) is 31.2 Å². The number of nitrogens with zero attached hydrogens (tertiary/aromatic N) is 3. The molecule has 6 nitrogen and oxygen atoms in total. The lowest BCUT2D eigenvalue weighted by Crippen LogP contribution is -2.35. The summed E-state index contributed by atoms with van der Waals surface area (Å²) in [6, 6.07) is 0.167. The Labute approximate surface area is 114 Å². The van der Waals surface area contributed by atoms with E-state index in [1.165, 1.54) is 6.92 Å². The average Bonchev–Trinajstić information content (AvgIpc) is 2.77. The molecular weight excluding hydrogens is 300 g/mol. The molecule has 1 aromatic rings. The Morgan fingerprint density at radius 1 is 1.67 bits per heavy atom. The zero-order chi connectivity index (χ0) is 13.1. The van der Waals surface area contributed by atoms with Crippen LogP contribution in [0.1, 0.15) is 13.3 Å². The number of aromatic nitrogens is 2. The minimum Gasteiger partial charge on any atom is -0.480 e. The van der Waals surface area contributed by atoms with Crippen LogP contribution in [0.25, 0.3) is 0 Å². The number of hydrogen-bond acceptors (Lipinski definition) is 5. The van der Waals surface area contributed by atoms with Crippen LogP contribution in [0.3, 0.4) is 0 Å². The SMILES string of the molecule is COc1nc(N2CCC(NC(C)=O)C2)ncc1Br. The van der Waals surface area contributed by atoms with Gasteiger partial charge in [0.2, 0.25) is 17.7 Å². The first-order valence-corrected chi connectivity index (χ1v) is 6.48. The lowest BCUT2D eigenvalue weighted by molar-refractivity contribution is -0.119. The van der Waals surface area contributed by atoms with Crippen molar-refractivity contribution in [2.75, 3.05) is 25.1 Å². The maximum absolute atomic E-state index is 11.0. The quantitative estimate of drug-likeness (QED) is 0.900. The predicted octanol–water partition coefficient (Wildman–Crippen LogP) is 0.962. The summed E-state index contributed by atoms with van der Waals surface area (Å²) in [6.45, 7) is 3.09. The van der Waals surface area contributed by atoms with Crippen molar-refractivity contribution < 1.29 is 9.53 Å². The van der Waals surface area contributed by atoms with Crippen LogP contribution in [-0.4, -0.2) is 42.1 Å². The minimum atomic E-state index is -0.00356. The number of ether oxygens (including phenoxy) is 1. The van der Waals surface area contributed by atoms with Crippen molar-refractivity contribution in [3.05, 3.63) is 10.7 Å². The number of carbonyl (C=O) groups is 1. The van der Waals surface area contributed by atoms with Crippen molar-refractivity contribution in [2.45, 2.75) is 19.4 Å². The molecule has 0 bridgehead atoms. The van der Waals surface area contributed by atoms with Gasteiger partial charge in [-0.15, -0.1) is 0 Å². The summed E-state index contributed by atoms with van der Waals surface area (Å²) in [5.41, 5.74) is 0. The molecule has 0 aromatic carbocycles. The highest BCUT2D eigenvalue weighted by molar-refractivity contribution is 9.10. The van der Waals surface area contributed by atoms with Gasteiger partial charge in [-0.25, -0.2) is 4.98 Å². The first kappa shape index (κ1) is 13.1. The fraction of sp³-hybridized carbons (Fsp3) is 0.545. The summed E-state index contributed by atoms with van der Waals surface area (Å²) in [7, 11) is 1.57. The summed E-state index contributed by atoms with van der Waals surface area (Å²) in [5.74, 6) is 1.14. The van der Waals surface area contributed by atoms with Gasteiger partial charge in [-0.05, 0) is 22.4 Å². The molecule has 1 aliphatic rings. The Morgan fingerprint density at radius 2 is 2.44 bits per heavy atom. The molecule has 1 aromatic heterocycles. The molecule has 1 saturated heterocycles. The first-order valence-electron chi connectivity index (χ1n) is 5.68. The predicted molar refractivity (Wildman–Crippen MR) is 70.7 cm³/mol. The molecule has 2 heterocycles. The lowest BCUT2D eigenvalue weighted by atomic mass is 10.3. The molecule has 18 heavy (non-hydrogen) atoms. The number of amides is 1. The highest BCUT2D eigenvalue weighted by Crippen LogP contribution is 2.25. The smallest absolute Gasteiger partial charge is 0.232 e. The third-order valence-electron chi connectivity index (χ3n) is 2.77. The van der Waals surface area contributed by atoms with Gasteiger partial charge in [-0.1, -0.05) is 0 Å². The molecule has 0 saturated carbocycles. The third-order valence-corrected chi connectivity index (χ3v) is 3.31. The molecule has 1 atom stereocenters. The molecule has 1 fully saturated rings. The average molecular weight is 315 g/mol. The Balaban J connectivity index is 2.07. The van der Waals surface area contributed by atoms with Gasteiger partial charge in [-0.2, -0.15) is 4.98 Å². The second kappa shape index (κ2) is 5.51. The summed E-state index contributed by atoms with van der Waals surface area (Å²) < 4.78 is 5.87. The van der Waals surface area contributed by atoms with Crippen LogP contribution >= 0.6 is 15.9 Å². The van der Waals surface area contributed by atoms with E-state index in [0.717, 1.165) is 24.0 Å². The number of nitrogens with one attached hydrogen (secondary N) is 1. The van der Waals surface area contributed by atoms with Crippen LogP contribution in [0, 0.1) is 0 Å². The van der Waals surface area contributed by atoms with Gasteiger partial charge in [0.05, 0.1) is 17.8 Å². The molecular formula is C11H15BrN4O2. The molecule has 1 aliphatic heterocycles. The topological polar surface area (TPSA) is 67.3 Å². The number of methoxy groups -OCH3 is 1. The number of rotatable bonds is 3. The summed E-state index contributed by atoms with van der Waals surface area (Å²) in [4.78, 5) is 21.6. The molecule has 0 aliphatic carbocycles. The van der Waals surface area contributed by atoms with Crippen LogP contribution in [0.5, 0.6) is 5.88 Å². The van der Waals surface area contributed by atoms with Crippen LogP contribution < -0.4 is 15.0 Å². The van der Waals surface area contributed by atoms with Crippen molar-refractivity contribution in [3.63, 3.8) is 0 Å². The second-order valence-corrected chi connectivity index (χ2v) is 5.01. The number of hydrogen-bond donors (Lipinski definition) is 1. The number of halogens is 1. The standard InChI is InChI=1S/C11H15BrN4O2/c1-7(17)14-8-3-4-16(6-8)11-13-5-9(12)10(15-11)18-2/h5,8H,3-4,6H2,1-2H3,(H,14,17). The zero-order valence-corrected chi connectivity index (χ0v) is 11.9. The summed E-state index contributed by atoms with van der Waals surface area (Å²) in [5, 5.41) is 2.90. The Kier molecular flexibility index (Phi) is 4.00. The Morgan fingerprint density at radius 3 is 3.11 bits per heavy atom. The van der Waals surface area contributed by atoms with E-state index < -0.39 is 0 Å². The van der Waals surface area contributed by atoms with E-state index in [4.69, 9.17) is 4.74 Å². The largest absolute Gasteiger partial charge is 0.480 e. The maximum Gasteiger partial charge on any atom is 0.232 e. The van der Waals surface area contributed by atoms with Gasteiger partial charge in [0.25, 0.3) is 0 Å². The van der Waals surface area contributed by atoms with E-state index in [1.807, 2.05) is 4.90 Å². The molecule has 0 radical (unpaired) electrons. The molecule has 7 heteroatoms. The van der Waals surface area contributed by atoms with Gasteiger partial charge < -0.3 is 15.0 Å². The first-order chi connectivity index (χ1) is 8.60. The van der Waals surface area contributed by atoms with Gasteiger partial charge in [0.1, 0.15) is 0 Å². The maximum atomic E-state index is 11.0. The van der Waals surface area contributed by atoms with E-state index in [0.29, 0.717) is 11.8 Å². The molecule has 1 amide bonds. The van der Waals surface area contributed by atoms with Gasteiger partial charge in [0.15, 0.2) is 0 Å². The highest BCUT2D eigenvalue weighted by Gasteiger charge is 2.25. The van der Waals surface area contributed by atoms with Crippen molar-refractivity contribution in [1.82, 2.24) is 15.3 Å². The fourth-order valence-corrected chi connectivity index (χ4v) is 2.34. The monoisotopic (exact) mass is 314 g/mol. The van der Waals surface area contributed by atoms with Crippen molar-refractivity contribution >= 4 is 27.8 Å². The van der Waals surface area contributed by atoms with Gasteiger partial charge in [0, 0.05) is 26.1 Å². The molecule has 0 spiro atoms. The van der Waals surface area contributed by atoms with Crippen LogP contribution in [0.2, 0.25) is 0 Å². The molecule has 1 unspecified atom stereocenters. The lowest BCUT2D eigenvalue weighted by Gasteiger charge is -2.17. The van der Waals surface area contributed by atoms with Crippen molar-refractivity contribution in [2.24, 2.45) is 0 Å². The van der Waals surface area contributed by atoms with Crippen LogP contribution in [-0.2, 0) is 4.79 Å². The molecule has 1 N–H and O–H groups in total. The third kappa shape index (κ3) is 2.90. The van der Waals surface area contributed by atoms with Gasteiger partial charge in [-0.3, -0.25) is 4.79 Å². The Bertz CT molecular complexity index is 455. The molecule has 2 rings (SSSR count). The van der Waals surface area contributed by atoms with E-state index in [1.54, 1.807) is 13.3 Å². The normalized spacial score (nSPS) is 18.8. The zero-order valence-electron chi connectivity index (χ0n) is 10.3. The van der Waals surface area contributed by atoms with E-state index in [9.17, 15) is 4.79 Å². The van der Waals surface area contributed by atoms with Gasteiger partial charge >= 0.3 is 0 Å². The summed E-state index contributed by atoms with van der Waals surface area (Å²) in [6.07, 6.45) is 2.58. The number of carbonyl (C=O) groups excluding carboxylic acids is 1. The van der Waals surface area contributed by atoms with E-state index >= 15 is 0 Å². The van der Waals surface area contributed by atoms with Crippen molar-refractivity contribution in [1.29, 1.82) is 0 Å². The molecule has 98 valence electrons. The van der Waals surface area contributed by atoms with Crippen LogP contribution in [0.15, 0.2) is 10.7 Å². The Hall–Kier alpha value is -1.37. The second-order valence-electron chi connectivity index (χ2n) is 4.16.